The number of rotatable bonds is 8. The number of benzene rings is 1. The van der Waals surface area contributed by atoms with E-state index in [4.69, 9.17) is 0 Å². The van der Waals surface area contributed by atoms with E-state index in [0.717, 1.165) is 29.9 Å². The SMILES string of the molecule is CCS(=O)(=O)NCCCNC(=NC)NC1CCN(c2ccccc2Br)C1.I. The van der Waals surface area contributed by atoms with Crippen molar-refractivity contribution in [2.45, 2.75) is 25.8 Å². The van der Waals surface area contributed by atoms with E-state index in [9.17, 15) is 8.42 Å². The van der Waals surface area contributed by atoms with Crippen molar-refractivity contribution < 1.29 is 8.42 Å². The van der Waals surface area contributed by atoms with Crippen molar-refractivity contribution in [3.63, 3.8) is 0 Å². The molecular formula is C17H29BrIN5O2S. The van der Waals surface area contributed by atoms with E-state index in [2.05, 4.69) is 53.3 Å². The highest BCUT2D eigenvalue weighted by atomic mass is 127. The van der Waals surface area contributed by atoms with E-state index in [-0.39, 0.29) is 29.7 Å². The van der Waals surface area contributed by atoms with Gasteiger partial charge in [-0.2, -0.15) is 0 Å². The summed E-state index contributed by atoms with van der Waals surface area (Å²) in [6.45, 7) is 4.63. The third-order valence-corrected chi connectivity index (χ3v) is 6.37. The summed E-state index contributed by atoms with van der Waals surface area (Å²) in [5, 5.41) is 6.69. The highest BCUT2D eigenvalue weighted by Gasteiger charge is 2.24. The first-order valence-electron chi connectivity index (χ1n) is 8.89. The van der Waals surface area contributed by atoms with Crippen molar-refractivity contribution in [1.82, 2.24) is 15.4 Å². The van der Waals surface area contributed by atoms with Gasteiger partial charge in [-0.1, -0.05) is 12.1 Å². The molecule has 3 N–H and O–H groups in total. The fourth-order valence-electron chi connectivity index (χ4n) is 2.82. The lowest BCUT2D eigenvalue weighted by Crippen LogP contribution is -2.45. The maximum atomic E-state index is 11.4. The van der Waals surface area contributed by atoms with Crippen LogP contribution in [0.15, 0.2) is 33.7 Å². The molecule has 2 rings (SSSR count). The number of aliphatic imine (C=N–C) groups is 1. The minimum absolute atomic E-state index is 0. The Kier molecular flexibility index (Phi) is 10.9. The molecular weight excluding hydrogens is 545 g/mol. The van der Waals surface area contributed by atoms with E-state index < -0.39 is 10.0 Å². The van der Waals surface area contributed by atoms with Crippen LogP contribution in [-0.4, -0.2) is 59.4 Å². The summed E-state index contributed by atoms with van der Waals surface area (Å²) in [5.74, 6) is 0.863. The number of nitrogens with zero attached hydrogens (tertiary/aromatic N) is 2. The smallest absolute Gasteiger partial charge is 0.211 e. The standard InChI is InChI=1S/C17H28BrN5O2S.HI/c1-3-26(24,25)21-11-6-10-20-17(19-2)22-14-9-12-23(13-14)16-8-5-4-7-15(16)18;/h4-5,7-8,14,21H,3,6,9-13H2,1-2H3,(H2,19,20,22);1H. The van der Waals surface area contributed by atoms with Crippen LogP contribution in [0.25, 0.3) is 0 Å². The van der Waals surface area contributed by atoms with Gasteiger partial charge in [-0.3, -0.25) is 4.99 Å². The molecule has 0 spiro atoms. The Morgan fingerprint density at radius 1 is 1.33 bits per heavy atom. The van der Waals surface area contributed by atoms with Crippen molar-refractivity contribution in [1.29, 1.82) is 0 Å². The molecule has 0 saturated carbocycles. The fourth-order valence-corrected chi connectivity index (χ4v) is 4.01. The van der Waals surface area contributed by atoms with Gasteiger partial charge in [-0.25, -0.2) is 13.1 Å². The zero-order valence-corrected chi connectivity index (χ0v) is 20.5. The lowest BCUT2D eigenvalue weighted by Gasteiger charge is -2.21. The number of hydrogen-bond donors (Lipinski definition) is 3. The molecule has 1 aliphatic heterocycles. The van der Waals surface area contributed by atoms with Crippen LogP contribution < -0.4 is 20.3 Å². The molecule has 7 nitrogen and oxygen atoms in total. The van der Waals surface area contributed by atoms with Gasteiger partial charge in [0.05, 0.1) is 11.4 Å². The second-order valence-corrected chi connectivity index (χ2v) is 9.13. The second kappa shape index (κ2) is 12.1. The second-order valence-electron chi connectivity index (χ2n) is 6.18. The van der Waals surface area contributed by atoms with Crippen LogP contribution in [-0.2, 0) is 10.0 Å². The van der Waals surface area contributed by atoms with Gasteiger partial charge in [-0.05, 0) is 47.8 Å². The van der Waals surface area contributed by atoms with E-state index in [1.165, 1.54) is 5.69 Å². The topological polar surface area (TPSA) is 85.8 Å². The van der Waals surface area contributed by atoms with Crippen molar-refractivity contribution >= 4 is 61.6 Å². The number of halogens is 2. The van der Waals surface area contributed by atoms with Crippen LogP contribution in [0.1, 0.15) is 19.8 Å². The predicted octanol–water partition coefficient (Wildman–Crippen LogP) is 2.14. The van der Waals surface area contributed by atoms with Crippen molar-refractivity contribution in [3.05, 3.63) is 28.7 Å². The molecule has 1 aromatic carbocycles. The van der Waals surface area contributed by atoms with Crippen LogP contribution in [0.5, 0.6) is 0 Å². The molecule has 10 heteroatoms. The maximum Gasteiger partial charge on any atom is 0.211 e. The quantitative estimate of drug-likeness (QED) is 0.192. The highest BCUT2D eigenvalue weighted by molar-refractivity contribution is 14.0. The Morgan fingerprint density at radius 3 is 2.74 bits per heavy atom. The predicted molar refractivity (Wildman–Crippen MR) is 127 cm³/mol. The summed E-state index contributed by atoms with van der Waals surface area (Å²) in [6.07, 6.45) is 1.74. The van der Waals surface area contributed by atoms with Gasteiger partial charge >= 0.3 is 0 Å². The Labute approximate surface area is 188 Å². The van der Waals surface area contributed by atoms with E-state index in [1.807, 2.05) is 12.1 Å². The minimum atomic E-state index is -3.11. The van der Waals surface area contributed by atoms with Crippen LogP contribution >= 0.6 is 39.9 Å². The first-order chi connectivity index (χ1) is 12.4. The molecule has 154 valence electrons. The molecule has 0 radical (unpaired) electrons. The molecule has 1 aromatic rings. The molecule has 1 fully saturated rings. The van der Waals surface area contributed by atoms with Gasteiger partial charge in [0.15, 0.2) is 5.96 Å². The molecule has 1 heterocycles. The van der Waals surface area contributed by atoms with Crippen molar-refractivity contribution in [2.75, 3.05) is 43.9 Å². The Morgan fingerprint density at radius 2 is 2.07 bits per heavy atom. The van der Waals surface area contributed by atoms with E-state index >= 15 is 0 Å². The molecule has 0 aromatic heterocycles. The molecule has 0 bridgehead atoms. The first-order valence-corrected chi connectivity index (χ1v) is 11.3. The third kappa shape index (κ3) is 8.12. The Balaban J connectivity index is 0.00000364. The average molecular weight is 574 g/mol. The number of nitrogens with one attached hydrogen (secondary N) is 3. The molecule has 0 aliphatic carbocycles. The Hall–Kier alpha value is -0.590. The van der Waals surface area contributed by atoms with Crippen LogP contribution in [0.3, 0.4) is 0 Å². The van der Waals surface area contributed by atoms with Gasteiger partial charge in [0.2, 0.25) is 10.0 Å². The van der Waals surface area contributed by atoms with Crippen molar-refractivity contribution in [2.24, 2.45) is 4.99 Å². The van der Waals surface area contributed by atoms with E-state index in [1.54, 1.807) is 14.0 Å². The van der Waals surface area contributed by atoms with Gasteiger partial charge in [0.1, 0.15) is 0 Å². The number of hydrogen-bond acceptors (Lipinski definition) is 4. The van der Waals surface area contributed by atoms with Crippen molar-refractivity contribution in [3.8, 4) is 0 Å². The van der Waals surface area contributed by atoms with E-state index in [0.29, 0.717) is 25.6 Å². The molecule has 27 heavy (non-hydrogen) atoms. The zero-order valence-electron chi connectivity index (χ0n) is 15.7. The third-order valence-electron chi connectivity index (χ3n) is 4.29. The number of anilines is 1. The summed E-state index contributed by atoms with van der Waals surface area (Å²) in [5.41, 5.74) is 1.21. The highest BCUT2D eigenvalue weighted by Crippen LogP contribution is 2.28. The number of sulfonamides is 1. The number of guanidine groups is 1. The lowest BCUT2D eigenvalue weighted by atomic mass is 10.2. The normalized spacial score (nSPS) is 17.5. The number of para-hydroxylation sites is 1. The summed E-state index contributed by atoms with van der Waals surface area (Å²) in [6, 6.07) is 8.58. The lowest BCUT2D eigenvalue weighted by molar-refractivity contribution is 0.579. The molecule has 1 unspecified atom stereocenters. The van der Waals surface area contributed by atoms with Gasteiger partial charge in [-0.15, -0.1) is 24.0 Å². The van der Waals surface area contributed by atoms with Crippen LogP contribution in [0.2, 0.25) is 0 Å². The summed E-state index contributed by atoms with van der Waals surface area (Å²) in [7, 11) is -1.37. The zero-order chi connectivity index (χ0) is 19.0. The first kappa shape index (κ1) is 24.4. The Bertz CT molecular complexity index is 717. The summed E-state index contributed by atoms with van der Waals surface area (Å²) in [4.78, 5) is 6.61. The van der Waals surface area contributed by atoms with Gasteiger partial charge in [0, 0.05) is 43.7 Å². The minimum Gasteiger partial charge on any atom is -0.368 e. The maximum absolute atomic E-state index is 11.4. The summed E-state index contributed by atoms with van der Waals surface area (Å²) < 4.78 is 26.4. The molecule has 1 saturated heterocycles. The fraction of sp³-hybridized carbons (Fsp3) is 0.588. The molecule has 1 atom stereocenters. The van der Waals surface area contributed by atoms with Gasteiger partial charge in [0.25, 0.3) is 0 Å². The largest absolute Gasteiger partial charge is 0.368 e. The van der Waals surface area contributed by atoms with Crippen LogP contribution in [0, 0.1) is 0 Å². The van der Waals surface area contributed by atoms with Gasteiger partial charge < -0.3 is 15.5 Å². The average Bonchev–Trinajstić information content (AvgIpc) is 3.09. The monoisotopic (exact) mass is 573 g/mol. The molecule has 0 amide bonds. The molecule has 1 aliphatic rings. The van der Waals surface area contributed by atoms with Crippen LogP contribution in [0.4, 0.5) is 5.69 Å². The summed E-state index contributed by atoms with van der Waals surface area (Å²) >= 11 is 3.61.